The van der Waals surface area contributed by atoms with Crippen LogP contribution in [0.1, 0.15) is 34.1 Å². The van der Waals surface area contributed by atoms with Crippen molar-refractivity contribution in [2.24, 2.45) is 5.41 Å². The quantitative estimate of drug-likeness (QED) is 0.360. The number of ether oxygens (including phenoxy) is 2. The van der Waals surface area contributed by atoms with E-state index in [4.69, 9.17) is 9.47 Å². The summed E-state index contributed by atoms with van der Waals surface area (Å²) in [5.74, 6) is 0. The van der Waals surface area contributed by atoms with Crippen LogP contribution in [0.15, 0.2) is 23.3 Å². The lowest BCUT2D eigenvalue weighted by atomic mass is 9.70. The second-order valence-electron chi connectivity index (χ2n) is 8.10. The van der Waals surface area contributed by atoms with E-state index in [1.165, 1.54) is 0 Å². The van der Waals surface area contributed by atoms with E-state index in [1.807, 2.05) is 13.8 Å². The van der Waals surface area contributed by atoms with E-state index >= 15 is 0 Å². The van der Waals surface area contributed by atoms with Crippen molar-refractivity contribution in [3.05, 3.63) is 23.3 Å². The molecule has 0 saturated carbocycles. The lowest BCUT2D eigenvalue weighted by Crippen LogP contribution is -2.60. The Kier molecular flexibility index (Phi) is 7.21. The summed E-state index contributed by atoms with van der Waals surface area (Å²) in [6.45, 7) is 6.83. The van der Waals surface area contributed by atoms with Crippen molar-refractivity contribution in [3.8, 4) is 0 Å². The lowest BCUT2D eigenvalue weighted by Gasteiger charge is -2.45. The zero-order valence-corrected chi connectivity index (χ0v) is 16.2. The molecule has 0 aromatic rings. The van der Waals surface area contributed by atoms with Crippen LogP contribution in [0.4, 0.5) is 0 Å². The zero-order valence-electron chi connectivity index (χ0n) is 16.2. The third-order valence-corrected chi connectivity index (χ3v) is 5.36. The summed E-state index contributed by atoms with van der Waals surface area (Å²) < 4.78 is 11.2. The maximum Gasteiger partial charge on any atom is 0.187 e. The van der Waals surface area contributed by atoms with E-state index in [0.717, 1.165) is 5.57 Å². The fourth-order valence-corrected chi connectivity index (χ4v) is 3.76. The van der Waals surface area contributed by atoms with Crippen LogP contribution in [-0.2, 0) is 9.47 Å². The van der Waals surface area contributed by atoms with Crippen LogP contribution in [0.2, 0.25) is 0 Å². The molecule has 1 heterocycles. The van der Waals surface area contributed by atoms with Crippen molar-refractivity contribution < 1.29 is 40.1 Å². The van der Waals surface area contributed by atoms with Crippen molar-refractivity contribution in [2.75, 3.05) is 6.61 Å². The Morgan fingerprint density at radius 2 is 1.81 bits per heavy atom. The number of hydrogen-bond donors (Lipinski definition) is 6. The Balaban J connectivity index is 2.21. The van der Waals surface area contributed by atoms with E-state index in [0.29, 0.717) is 12.0 Å². The number of hydrogen-bond acceptors (Lipinski definition) is 8. The minimum absolute atomic E-state index is 0.381. The van der Waals surface area contributed by atoms with Gasteiger partial charge < -0.3 is 40.1 Å². The molecule has 8 heteroatoms. The highest BCUT2D eigenvalue weighted by molar-refractivity contribution is 5.36. The molecule has 6 N–H and O–H groups in total. The molecule has 1 aliphatic heterocycles. The molecule has 0 spiro atoms. The largest absolute Gasteiger partial charge is 0.394 e. The number of aliphatic hydroxyl groups excluding tert-OH is 6. The molecule has 0 aromatic carbocycles. The fourth-order valence-electron chi connectivity index (χ4n) is 3.76. The third kappa shape index (κ3) is 4.78. The minimum atomic E-state index is -1.53. The first-order chi connectivity index (χ1) is 12.5. The van der Waals surface area contributed by atoms with Crippen LogP contribution in [0, 0.1) is 5.41 Å². The molecule has 0 amide bonds. The predicted octanol–water partition coefficient (Wildman–Crippen LogP) is -0.784. The SMILES string of the molecule is CC1=C(/C=C/C(C)O)C(C)(C)C[C@H](O[C@@H]2O[C@H](CO)[C@@H](O)[C@H](O)[C@H]2O)[C@@H]1O. The first kappa shape index (κ1) is 22.4. The Hall–Kier alpha value is -0.840. The smallest absolute Gasteiger partial charge is 0.187 e. The van der Waals surface area contributed by atoms with E-state index < -0.39 is 55.6 Å². The summed E-state index contributed by atoms with van der Waals surface area (Å²) in [6, 6.07) is 0. The van der Waals surface area contributed by atoms with Crippen LogP contribution in [0.3, 0.4) is 0 Å². The molecule has 0 radical (unpaired) electrons. The van der Waals surface area contributed by atoms with Gasteiger partial charge in [-0.3, -0.25) is 0 Å². The molecule has 2 rings (SSSR count). The standard InChI is InChI=1S/C19H32O8/c1-9(21)5-6-11-10(2)14(22)12(7-19(11,3)4)26-18-17(25)16(24)15(23)13(8-20)27-18/h5-6,9,12-18,20-25H,7-8H2,1-4H3/b6-5+/t9?,12-,13+,14+,15+,16-,17+,18+/m0/s1. The van der Waals surface area contributed by atoms with E-state index in [2.05, 4.69) is 0 Å². The Morgan fingerprint density at radius 3 is 2.37 bits per heavy atom. The van der Waals surface area contributed by atoms with Gasteiger partial charge in [-0.25, -0.2) is 0 Å². The molecular weight excluding hydrogens is 356 g/mol. The normalized spacial score (nSPS) is 41.2. The van der Waals surface area contributed by atoms with Gasteiger partial charge in [0.15, 0.2) is 6.29 Å². The summed E-state index contributed by atoms with van der Waals surface area (Å²) in [7, 11) is 0. The van der Waals surface area contributed by atoms with E-state index in [-0.39, 0.29) is 5.41 Å². The van der Waals surface area contributed by atoms with Crippen molar-refractivity contribution in [3.63, 3.8) is 0 Å². The third-order valence-electron chi connectivity index (χ3n) is 5.36. The minimum Gasteiger partial charge on any atom is -0.394 e. The zero-order chi connectivity index (χ0) is 20.5. The van der Waals surface area contributed by atoms with Gasteiger partial charge in [-0.15, -0.1) is 0 Å². The summed E-state index contributed by atoms with van der Waals surface area (Å²) in [6.07, 6.45) is -5.32. The summed E-state index contributed by atoms with van der Waals surface area (Å²) in [5, 5.41) is 59.4. The molecule has 2 aliphatic rings. The average Bonchev–Trinajstić information content (AvgIpc) is 2.59. The Morgan fingerprint density at radius 1 is 1.19 bits per heavy atom. The highest BCUT2D eigenvalue weighted by atomic mass is 16.7. The molecule has 1 unspecified atom stereocenters. The van der Waals surface area contributed by atoms with Gasteiger partial charge in [-0.05, 0) is 36.8 Å². The maximum atomic E-state index is 10.7. The maximum absolute atomic E-state index is 10.7. The molecule has 1 fully saturated rings. The molecule has 156 valence electrons. The van der Waals surface area contributed by atoms with Gasteiger partial charge >= 0.3 is 0 Å². The van der Waals surface area contributed by atoms with Crippen molar-refractivity contribution in [2.45, 2.75) is 83.1 Å². The highest BCUT2D eigenvalue weighted by Crippen LogP contribution is 2.43. The second kappa shape index (κ2) is 8.67. The van der Waals surface area contributed by atoms with Gasteiger partial charge in [0.2, 0.25) is 0 Å². The number of aliphatic hydroxyl groups is 6. The molecule has 0 aromatic heterocycles. The molecule has 27 heavy (non-hydrogen) atoms. The summed E-state index contributed by atoms with van der Waals surface area (Å²) in [5.41, 5.74) is 1.19. The predicted molar refractivity (Wildman–Crippen MR) is 96.6 cm³/mol. The summed E-state index contributed by atoms with van der Waals surface area (Å²) in [4.78, 5) is 0. The van der Waals surface area contributed by atoms with Crippen LogP contribution in [0.5, 0.6) is 0 Å². The average molecular weight is 388 g/mol. The van der Waals surface area contributed by atoms with Gasteiger partial charge in [-0.2, -0.15) is 0 Å². The first-order valence-electron chi connectivity index (χ1n) is 9.21. The Labute approximate surface area is 159 Å². The van der Waals surface area contributed by atoms with E-state index in [9.17, 15) is 30.6 Å². The van der Waals surface area contributed by atoms with Crippen LogP contribution in [-0.4, -0.2) is 86.3 Å². The lowest BCUT2D eigenvalue weighted by molar-refractivity contribution is -0.318. The Bertz CT molecular complexity index is 568. The van der Waals surface area contributed by atoms with Gasteiger partial charge in [0, 0.05) is 0 Å². The van der Waals surface area contributed by atoms with Crippen LogP contribution >= 0.6 is 0 Å². The van der Waals surface area contributed by atoms with Crippen molar-refractivity contribution >= 4 is 0 Å². The molecule has 8 atom stereocenters. The van der Waals surface area contributed by atoms with Crippen molar-refractivity contribution in [1.82, 2.24) is 0 Å². The van der Waals surface area contributed by atoms with Gasteiger partial charge in [0.25, 0.3) is 0 Å². The topological polar surface area (TPSA) is 140 Å². The fraction of sp³-hybridized carbons (Fsp3) is 0.789. The summed E-state index contributed by atoms with van der Waals surface area (Å²) >= 11 is 0. The van der Waals surface area contributed by atoms with Crippen LogP contribution < -0.4 is 0 Å². The van der Waals surface area contributed by atoms with E-state index in [1.54, 1.807) is 26.0 Å². The molecule has 0 bridgehead atoms. The van der Waals surface area contributed by atoms with Gasteiger partial charge in [0.05, 0.1) is 18.8 Å². The number of rotatable bonds is 5. The number of allylic oxidation sites excluding steroid dienone is 2. The monoisotopic (exact) mass is 388 g/mol. The first-order valence-corrected chi connectivity index (χ1v) is 9.21. The molecular formula is C19H32O8. The molecule has 1 saturated heterocycles. The molecule has 1 aliphatic carbocycles. The highest BCUT2D eigenvalue weighted by Gasteiger charge is 2.47. The van der Waals surface area contributed by atoms with Crippen molar-refractivity contribution in [1.29, 1.82) is 0 Å². The molecule has 8 nitrogen and oxygen atoms in total. The van der Waals surface area contributed by atoms with Gasteiger partial charge in [-0.1, -0.05) is 26.0 Å². The van der Waals surface area contributed by atoms with Gasteiger partial charge in [0.1, 0.15) is 30.5 Å². The van der Waals surface area contributed by atoms with Crippen LogP contribution in [0.25, 0.3) is 0 Å². The second-order valence-corrected chi connectivity index (χ2v) is 8.10.